The predicted octanol–water partition coefficient (Wildman–Crippen LogP) is 4.86. The van der Waals surface area contributed by atoms with Crippen LogP contribution in [0.1, 0.15) is 57.1 Å². The van der Waals surface area contributed by atoms with Crippen molar-refractivity contribution in [3.63, 3.8) is 0 Å². The van der Waals surface area contributed by atoms with Crippen LogP contribution in [0, 0.1) is 6.92 Å². The standard InChI is InChI=1S/C17H27N3O/c1-5-7-10-15-11-9-12-16(14(15)3)20(19-18-4)17(21)13-8-6-2/h9,11-12H,5-8,10,13H2,1-4H3. The van der Waals surface area contributed by atoms with E-state index in [4.69, 9.17) is 0 Å². The Labute approximate surface area is 128 Å². The van der Waals surface area contributed by atoms with Crippen LogP contribution in [-0.2, 0) is 11.2 Å². The highest BCUT2D eigenvalue weighted by atomic mass is 16.2. The van der Waals surface area contributed by atoms with Gasteiger partial charge in [0, 0.05) is 6.42 Å². The molecule has 0 saturated heterocycles. The topological polar surface area (TPSA) is 45.0 Å². The first-order chi connectivity index (χ1) is 10.2. The summed E-state index contributed by atoms with van der Waals surface area (Å²) in [5.41, 5.74) is 3.27. The number of rotatable bonds is 8. The van der Waals surface area contributed by atoms with Crippen molar-refractivity contribution in [3.8, 4) is 0 Å². The number of nitrogens with zero attached hydrogens (tertiary/aromatic N) is 3. The van der Waals surface area contributed by atoms with Crippen molar-refractivity contribution in [1.82, 2.24) is 0 Å². The lowest BCUT2D eigenvalue weighted by Crippen LogP contribution is -2.25. The molecule has 1 rings (SSSR count). The molecular formula is C17H27N3O. The average Bonchev–Trinajstić information content (AvgIpc) is 2.49. The monoisotopic (exact) mass is 289 g/mol. The summed E-state index contributed by atoms with van der Waals surface area (Å²) in [4.78, 5) is 12.3. The first-order valence-corrected chi connectivity index (χ1v) is 7.86. The van der Waals surface area contributed by atoms with Gasteiger partial charge in [-0.1, -0.05) is 44.0 Å². The van der Waals surface area contributed by atoms with Gasteiger partial charge in [0.15, 0.2) is 0 Å². The lowest BCUT2D eigenvalue weighted by atomic mass is 10.0. The maximum Gasteiger partial charge on any atom is 0.248 e. The van der Waals surface area contributed by atoms with E-state index in [0.29, 0.717) is 6.42 Å². The van der Waals surface area contributed by atoms with E-state index in [-0.39, 0.29) is 5.91 Å². The van der Waals surface area contributed by atoms with Crippen LogP contribution in [0.25, 0.3) is 0 Å². The van der Waals surface area contributed by atoms with Gasteiger partial charge < -0.3 is 0 Å². The zero-order valence-corrected chi connectivity index (χ0v) is 13.7. The zero-order valence-electron chi connectivity index (χ0n) is 13.7. The third-order valence-electron chi connectivity index (χ3n) is 3.60. The van der Waals surface area contributed by atoms with Crippen molar-refractivity contribution < 1.29 is 4.79 Å². The van der Waals surface area contributed by atoms with E-state index >= 15 is 0 Å². The Morgan fingerprint density at radius 3 is 2.52 bits per heavy atom. The second kappa shape index (κ2) is 9.27. The van der Waals surface area contributed by atoms with Gasteiger partial charge in [-0.05, 0) is 43.4 Å². The molecule has 4 nitrogen and oxygen atoms in total. The van der Waals surface area contributed by atoms with Gasteiger partial charge in [-0.2, -0.15) is 10.1 Å². The number of unbranched alkanes of at least 4 members (excludes halogenated alkanes) is 2. The first-order valence-electron chi connectivity index (χ1n) is 7.86. The number of hydrogen-bond donors (Lipinski definition) is 0. The van der Waals surface area contributed by atoms with Crippen LogP contribution < -0.4 is 5.01 Å². The van der Waals surface area contributed by atoms with Crippen LogP contribution in [0.15, 0.2) is 28.5 Å². The fourth-order valence-electron chi connectivity index (χ4n) is 2.29. The van der Waals surface area contributed by atoms with Crippen LogP contribution >= 0.6 is 0 Å². The predicted molar refractivity (Wildman–Crippen MR) is 87.6 cm³/mol. The number of benzene rings is 1. The van der Waals surface area contributed by atoms with Crippen molar-refractivity contribution in [2.45, 2.75) is 59.3 Å². The maximum absolute atomic E-state index is 12.3. The molecule has 1 aromatic rings. The van der Waals surface area contributed by atoms with Crippen LogP contribution in [0.2, 0.25) is 0 Å². The highest BCUT2D eigenvalue weighted by Gasteiger charge is 2.18. The molecule has 0 spiro atoms. The summed E-state index contributed by atoms with van der Waals surface area (Å²) >= 11 is 0. The number of hydrogen-bond acceptors (Lipinski definition) is 3. The number of carbonyl (C=O) groups excluding carboxylic acids is 1. The highest BCUT2D eigenvalue weighted by Crippen LogP contribution is 2.26. The Bertz CT molecular complexity index is 483. The van der Waals surface area contributed by atoms with Crippen molar-refractivity contribution >= 4 is 11.6 Å². The SMILES string of the molecule is CCCCC(=O)N(N=NC)c1cccc(CCCC)c1C. The molecule has 0 radical (unpaired) electrons. The second-order valence-electron chi connectivity index (χ2n) is 5.26. The minimum atomic E-state index is 0.0122. The van der Waals surface area contributed by atoms with E-state index in [9.17, 15) is 4.79 Å². The molecule has 0 aliphatic rings. The number of anilines is 1. The number of aryl methyl sites for hydroxylation is 1. The summed E-state index contributed by atoms with van der Waals surface area (Å²) in [6.45, 7) is 6.33. The lowest BCUT2D eigenvalue weighted by Gasteiger charge is -2.19. The Balaban J connectivity index is 3.05. The van der Waals surface area contributed by atoms with Gasteiger partial charge in [-0.3, -0.25) is 4.79 Å². The van der Waals surface area contributed by atoms with Crippen molar-refractivity contribution in [2.24, 2.45) is 10.3 Å². The van der Waals surface area contributed by atoms with Gasteiger partial charge in [0.2, 0.25) is 5.91 Å². The van der Waals surface area contributed by atoms with Crippen LogP contribution in [0.5, 0.6) is 0 Å². The molecule has 0 bridgehead atoms. The Morgan fingerprint density at radius 1 is 1.19 bits per heavy atom. The molecule has 0 aromatic heterocycles. The van der Waals surface area contributed by atoms with Gasteiger partial charge in [-0.15, -0.1) is 0 Å². The third kappa shape index (κ3) is 4.96. The first kappa shape index (κ1) is 17.3. The quantitative estimate of drug-likeness (QED) is 0.498. The highest BCUT2D eigenvalue weighted by molar-refractivity contribution is 5.93. The molecule has 116 valence electrons. The van der Waals surface area contributed by atoms with E-state index < -0.39 is 0 Å². The van der Waals surface area contributed by atoms with E-state index in [1.54, 1.807) is 7.05 Å². The van der Waals surface area contributed by atoms with E-state index in [2.05, 4.69) is 37.2 Å². The van der Waals surface area contributed by atoms with Crippen molar-refractivity contribution in [1.29, 1.82) is 0 Å². The summed E-state index contributed by atoms with van der Waals surface area (Å²) in [6, 6.07) is 6.08. The molecule has 21 heavy (non-hydrogen) atoms. The van der Waals surface area contributed by atoms with Crippen LogP contribution in [0.3, 0.4) is 0 Å². The Morgan fingerprint density at radius 2 is 1.90 bits per heavy atom. The van der Waals surface area contributed by atoms with Gasteiger partial charge in [-0.25, -0.2) is 0 Å². The van der Waals surface area contributed by atoms with Gasteiger partial charge >= 0.3 is 0 Å². The zero-order chi connectivity index (χ0) is 15.7. The van der Waals surface area contributed by atoms with Gasteiger partial charge in [0.1, 0.15) is 0 Å². The molecule has 0 aliphatic heterocycles. The lowest BCUT2D eigenvalue weighted by molar-refractivity contribution is -0.118. The summed E-state index contributed by atoms with van der Waals surface area (Å²) < 4.78 is 0. The molecule has 0 N–H and O–H groups in total. The van der Waals surface area contributed by atoms with Gasteiger partial charge in [0.25, 0.3) is 0 Å². The summed E-state index contributed by atoms with van der Waals surface area (Å²) in [5.74, 6) is 0.0122. The second-order valence-corrected chi connectivity index (χ2v) is 5.26. The minimum absolute atomic E-state index is 0.0122. The molecule has 0 atom stereocenters. The molecule has 1 aromatic carbocycles. The fourth-order valence-corrected chi connectivity index (χ4v) is 2.29. The minimum Gasteiger partial charge on any atom is -0.273 e. The molecular weight excluding hydrogens is 262 g/mol. The largest absolute Gasteiger partial charge is 0.273 e. The normalized spacial score (nSPS) is 11.0. The number of amides is 1. The molecule has 0 heterocycles. The molecule has 0 saturated carbocycles. The van der Waals surface area contributed by atoms with E-state index in [1.807, 2.05) is 12.1 Å². The summed E-state index contributed by atoms with van der Waals surface area (Å²) in [7, 11) is 1.59. The Kier molecular flexibility index (Phi) is 7.65. The molecule has 4 heteroatoms. The van der Waals surface area contributed by atoms with E-state index in [0.717, 1.165) is 43.4 Å². The van der Waals surface area contributed by atoms with Crippen LogP contribution in [-0.4, -0.2) is 13.0 Å². The number of carbonyl (C=O) groups is 1. The molecule has 0 fully saturated rings. The van der Waals surface area contributed by atoms with Crippen LogP contribution in [0.4, 0.5) is 5.69 Å². The fraction of sp³-hybridized carbons (Fsp3) is 0.588. The average molecular weight is 289 g/mol. The maximum atomic E-state index is 12.3. The van der Waals surface area contributed by atoms with Gasteiger partial charge in [0.05, 0.1) is 12.7 Å². The summed E-state index contributed by atoms with van der Waals surface area (Å²) in [6.07, 6.45) is 5.74. The summed E-state index contributed by atoms with van der Waals surface area (Å²) in [5, 5.41) is 9.30. The van der Waals surface area contributed by atoms with E-state index in [1.165, 1.54) is 10.6 Å². The molecule has 0 aliphatic carbocycles. The molecule has 1 amide bonds. The molecule has 0 unspecified atom stereocenters. The Hall–Kier alpha value is -1.71. The van der Waals surface area contributed by atoms with Crippen molar-refractivity contribution in [2.75, 3.05) is 12.1 Å². The smallest absolute Gasteiger partial charge is 0.248 e. The van der Waals surface area contributed by atoms with Crippen molar-refractivity contribution in [3.05, 3.63) is 29.3 Å². The third-order valence-corrected chi connectivity index (χ3v) is 3.60.